The fraction of sp³-hybridized carbons (Fsp3) is 0.467. The molecule has 2 aromatic carbocycles. The zero-order valence-electron chi connectivity index (χ0n) is 23.3. The van der Waals surface area contributed by atoms with Gasteiger partial charge in [-0.1, -0.05) is 53.7 Å². The highest BCUT2D eigenvalue weighted by Gasteiger charge is 2.38. The number of carboxylic acids is 1. The minimum Gasteiger partial charge on any atom is -0.481 e. The fourth-order valence-electron chi connectivity index (χ4n) is 4.17. The Morgan fingerprint density at radius 2 is 1.49 bits per heavy atom. The molecule has 1 aliphatic rings. The van der Waals surface area contributed by atoms with E-state index < -0.39 is 5.97 Å². The lowest BCUT2D eigenvalue weighted by atomic mass is 9.67. The van der Waals surface area contributed by atoms with Crippen molar-refractivity contribution in [3.8, 4) is 0 Å². The van der Waals surface area contributed by atoms with E-state index in [0.717, 1.165) is 39.2 Å². The second-order valence-corrected chi connectivity index (χ2v) is 9.12. The maximum absolute atomic E-state index is 13.6. The molecular formula is C30H44N2O3. The number of nitrogens with zero attached hydrogens (tertiary/aromatic N) is 2. The predicted octanol–water partition coefficient (Wildman–Crippen LogP) is 7.01. The highest BCUT2D eigenvalue weighted by molar-refractivity contribution is 6.15. The third-order valence-electron chi connectivity index (χ3n) is 6.07. The molecule has 5 nitrogen and oxygen atoms in total. The zero-order valence-corrected chi connectivity index (χ0v) is 23.3. The molecule has 35 heavy (non-hydrogen) atoms. The summed E-state index contributed by atoms with van der Waals surface area (Å²) in [6.07, 6.45) is 5.34. The van der Waals surface area contributed by atoms with Gasteiger partial charge in [-0.05, 0) is 59.9 Å². The van der Waals surface area contributed by atoms with E-state index in [1.165, 1.54) is 0 Å². The SMILES string of the molecule is CC.CC.CN(C)c1ccc2c(c1)C(C)(C)c1cc(N(C)C)cc(/C=C/CCCC(=O)O)c1C2=O. The summed E-state index contributed by atoms with van der Waals surface area (Å²) >= 11 is 0. The van der Waals surface area contributed by atoms with Crippen LogP contribution >= 0.6 is 0 Å². The third kappa shape index (κ3) is 6.74. The summed E-state index contributed by atoms with van der Waals surface area (Å²) in [6, 6.07) is 10.2. The number of carbonyl (C=O) groups is 2. The molecule has 0 fully saturated rings. The Hall–Kier alpha value is -3.08. The number of fused-ring (bicyclic) bond motifs is 2. The molecule has 1 N–H and O–H groups in total. The number of benzene rings is 2. The summed E-state index contributed by atoms with van der Waals surface area (Å²) in [5.74, 6) is -0.740. The van der Waals surface area contributed by atoms with E-state index in [-0.39, 0.29) is 17.6 Å². The lowest BCUT2D eigenvalue weighted by Crippen LogP contribution is -2.32. The predicted molar refractivity (Wildman–Crippen MR) is 150 cm³/mol. The van der Waals surface area contributed by atoms with Crippen LogP contribution in [-0.4, -0.2) is 45.0 Å². The van der Waals surface area contributed by atoms with Crippen molar-refractivity contribution in [2.24, 2.45) is 0 Å². The number of carbonyl (C=O) groups excluding carboxylic acids is 1. The number of aliphatic carboxylic acids is 1. The molecule has 0 amide bonds. The van der Waals surface area contributed by atoms with Gasteiger partial charge in [0.2, 0.25) is 0 Å². The van der Waals surface area contributed by atoms with Gasteiger partial charge in [-0.15, -0.1) is 0 Å². The highest BCUT2D eigenvalue weighted by atomic mass is 16.4. The zero-order chi connectivity index (χ0) is 26.9. The molecule has 0 spiro atoms. The molecule has 1 aliphatic carbocycles. The van der Waals surface area contributed by atoms with Crippen LogP contribution in [-0.2, 0) is 10.2 Å². The van der Waals surface area contributed by atoms with E-state index in [2.05, 4.69) is 30.9 Å². The van der Waals surface area contributed by atoms with Gasteiger partial charge in [0.05, 0.1) is 0 Å². The Labute approximate surface area is 212 Å². The van der Waals surface area contributed by atoms with Gasteiger partial charge in [0.15, 0.2) is 5.78 Å². The monoisotopic (exact) mass is 480 g/mol. The van der Waals surface area contributed by atoms with Crippen molar-refractivity contribution in [2.75, 3.05) is 38.0 Å². The summed E-state index contributed by atoms with van der Waals surface area (Å²) in [4.78, 5) is 28.5. The quantitative estimate of drug-likeness (QED) is 0.432. The molecule has 0 unspecified atom stereocenters. The van der Waals surface area contributed by atoms with Crippen molar-refractivity contribution in [3.63, 3.8) is 0 Å². The van der Waals surface area contributed by atoms with E-state index in [0.29, 0.717) is 12.8 Å². The van der Waals surface area contributed by atoms with Crippen molar-refractivity contribution in [3.05, 3.63) is 64.2 Å². The van der Waals surface area contributed by atoms with Gasteiger partial charge >= 0.3 is 5.97 Å². The fourth-order valence-corrected chi connectivity index (χ4v) is 4.17. The van der Waals surface area contributed by atoms with Crippen LogP contribution in [0.4, 0.5) is 11.4 Å². The van der Waals surface area contributed by atoms with Gasteiger partial charge in [0.25, 0.3) is 0 Å². The minimum absolute atomic E-state index is 0.0464. The van der Waals surface area contributed by atoms with Crippen LogP contribution in [0.2, 0.25) is 0 Å². The summed E-state index contributed by atoms with van der Waals surface area (Å²) in [5, 5.41) is 8.85. The largest absolute Gasteiger partial charge is 0.481 e. The first-order chi connectivity index (χ1) is 16.5. The molecular weight excluding hydrogens is 436 g/mol. The average molecular weight is 481 g/mol. The van der Waals surface area contributed by atoms with E-state index in [1.807, 2.05) is 91.1 Å². The minimum atomic E-state index is -0.786. The topological polar surface area (TPSA) is 60.9 Å². The van der Waals surface area contributed by atoms with Gasteiger partial charge in [0, 0.05) is 62.5 Å². The maximum Gasteiger partial charge on any atom is 0.303 e. The lowest BCUT2D eigenvalue weighted by Gasteiger charge is -2.36. The first kappa shape index (κ1) is 30.0. The number of rotatable bonds is 7. The van der Waals surface area contributed by atoms with Gasteiger partial charge in [-0.3, -0.25) is 9.59 Å². The van der Waals surface area contributed by atoms with E-state index in [1.54, 1.807) is 0 Å². The normalized spacial score (nSPS) is 13.0. The van der Waals surface area contributed by atoms with Crippen LogP contribution in [0.3, 0.4) is 0 Å². The summed E-state index contributed by atoms with van der Waals surface area (Å²) < 4.78 is 0. The Balaban J connectivity index is 0.00000145. The number of ketones is 1. The van der Waals surface area contributed by atoms with Crippen LogP contribution in [0.15, 0.2) is 36.4 Å². The van der Waals surface area contributed by atoms with Crippen molar-refractivity contribution < 1.29 is 14.7 Å². The average Bonchev–Trinajstić information content (AvgIpc) is 2.84. The summed E-state index contributed by atoms with van der Waals surface area (Å²) in [6.45, 7) is 12.4. The number of hydrogen-bond acceptors (Lipinski definition) is 4. The third-order valence-corrected chi connectivity index (χ3v) is 6.07. The van der Waals surface area contributed by atoms with Gasteiger partial charge in [-0.2, -0.15) is 0 Å². The second kappa shape index (κ2) is 13.1. The molecule has 2 aromatic rings. The number of anilines is 2. The highest BCUT2D eigenvalue weighted by Crippen LogP contribution is 2.45. The van der Waals surface area contributed by atoms with Crippen LogP contribution in [0.25, 0.3) is 6.08 Å². The first-order valence-electron chi connectivity index (χ1n) is 12.6. The van der Waals surface area contributed by atoms with Crippen molar-refractivity contribution >= 4 is 29.2 Å². The van der Waals surface area contributed by atoms with Crippen LogP contribution in [0, 0.1) is 0 Å². The number of hydrogen-bond donors (Lipinski definition) is 1. The Morgan fingerprint density at radius 3 is 2.03 bits per heavy atom. The maximum atomic E-state index is 13.6. The second-order valence-electron chi connectivity index (χ2n) is 9.12. The summed E-state index contributed by atoms with van der Waals surface area (Å²) in [5.41, 5.74) is 6.24. The molecule has 5 heteroatoms. The Kier molecular flexibility index (Phi) is 11.2. The van der Waals surface area contributed by atoms with Gasteiger partial charge < -0.3 is 14.9 Å². The number of unbranched alkanes of at least 4 members (excludes halogenated alkanes) is 1. The molecule has 192 valence electrons. The standard InChI is InChI=1S/C26H32N2O3.2C2H6/c1-26(2)21-15-18(27(3)4)12-13-20(21)25(31)24-17(10-8-7-9-11-23(29)30)14-19(28(5)6)16-22(24)26;2*1-2/h8,10,12-16H,7,9,11H2,1-6H3,(H,29,30);2*1-2H3/b10-8+;;. The number of carboxylic acid groups (broad SMARTS) is 1. The van der Waals surface area contributed by atoms with E-state index in [9.17, 15) is 9.59 Å². The van der Waals surface area contributed by atoms with Crippen molar-refractivity contribution in [1.29, 1.82) is 0 Å². The molecule has 0 saturated carbocycles. The van der Waals surface area contributed by atoms with E-state index >= 15 is 0 Å². The van der Waals surface area contributed by atoms with Crippen LogP contribution in [0.1, 0.15) is 93.4 Å². The summed E-state index contributed by atoms with van der Waals surface area (Å²) in [7, 11) is 8.01. The molecule has 0 aliphatic heterocycles. The van der Waals surface area contributed by atoms with Crippen LogP contribution < -0.4 is 9.80 Å². The molecule has 3 rings (SSSR count). The first-order valence-corrected chi connectivity index (χ1v) is 12.6. The van der Waals surface area contributed by atoms with Crippen LogP contribution in [0.5, 0.6) is 0 Å². The van der Waals surface area contributed by atoms with Crippen molar-refractivity contribution in [1.82, 2.24) is 0 Å². The number of allylic oxidation sites excluding steroid dienone is 1. The lowest BCUT2D eigenvalue weighted by molar-refractivity contribution is -0.137. The van der Waals surface area contributed by atoms with Gasteiger partial charge in [-0.25, -0.2) is 0 Å². The molecule has 0 radical (unpaired) electrons. The molecule has 0 heterocycles. The molecule has 0 atom stereocenters. The Bertz CT molecular complexity index is 1050. The van der Waals surface area contributed by atoms with Crippen molar-refractivity contribution in [2.45, 2.75) is 66.2 Å². The molecule has 0 saturated heterocycles. The Morgan fingerprint density at radius 1 is 0.914 bits per heavy atom. The smallest absolute Gasteiger partial charge is 0.303 e. The van der Waals surface area contributed by atoms with Gasteiger partial charge in [0.1, 0.15) is 0 Å². The van der Waals surface area contributed by atoms with E-state index in [4.69, 9.17) is 5.11 Å². The molecule has 0 aromatic heterocycles. The molecule has 0 bridgehead atoms.